The van der Waals surface area contributed by atoms with Crippen molar-refractivity contribution in [3.63, 3.8) is 0 Å². The van der Waals surface area contributed by atoms with Gasteiger partial charge in [0.25, 0.3) is 0 Å². The normalized spacial score (nSPS) is 10.5. The largest absolute Gasteiger partial charge is 0.465 e. The molecule has 0 saturated carbocycles. The van der Waals surface area contributed by atoms with E-state index in [1.165, 1.54) is 41.5 Å². The molecule has 0 atom stereocenters. The van der Waals surface area contributed by atoms with E-state index in [1.807, 2.05) is 0 Å². The third-order valence-electron chi connectivity index (χ3n) is 4.28. The summed E-state index contributed by atoms with van der Waals surface area (Å²) in [7, 11) is 0. The molecule has 0 radical (unpaired) electrons. The second kappa shape index (κ2) is 13.3. The van der Waals surface area contributed by atoms with Crippen molar-refractivity contribution in [3.8, 4) is 23.7 Å². The molecule has 0 unspecified atom stereocenters. The van der Waals surface area contributed by atoms with Crippen LogP contribution in [0.25, 0.3) is 0 Å². The molecule has 0 aromatic rings. The van der Waals surface area contributed by atoms with Crippen molar-refractivity contribution >= 4 is 23.9 Å². The number of carbonyl (C=O) groups is 4. The van der Waals surface area contributed by atoms with Crippen molar-refractivity contribution in [2.45, 2.75) is 54.4 Å². The Balaban J connectivity index is 7.45. The van der Waals surface area contributed by atoms with Gasteiger partial charge in [0.15, 0.2) is 0 Å². The summed E-state index contributed by atoms with van der Waals surface area (Å²) in [6, 6.07) is 0. The van der Waals surface area contributed by atoms with Crippen molar-refractivity contribution in [2.24, 2.45) is 10.8 Å². The molecule has 0 saturated heterocycles. The fourth-order valence-electron chi connectivity index (χ4n) is 2.91. The quantitative estimate of drug-likeness (QED) is 0.216. The van der Waals surface area contributed by atoms with Gasteiger partial charge in [0, 0.05) is 12.8 Å². The van der Waals surface area contributed by atoms with Crippen molar-refractivity contribution in [1.82, 2.24) is 0 Å². The maximum Gasteiger partial charge on any atom is 0.326 e. The van der Waals surface area contributed by atoms with Crippen LogP contribution in [0.1, 0.15) is 54.4 Å². The Labute approximate surface area is 178 Å². The van der Waals surface area contributed by atoms with Crippen LogP contribution in [0.15, 0.2) is 0 Å². The Kier molecular flexibility index (Phi) is 11.9. The van der Waals surface area contributed by atoms with Gasteiger partial charge in [-0.15, -0.1) is 23.7 Å². The van der Waals surface area contributed by atoms with E-state index in [2.05, 4.69) is 23.7 Å². The second-order valence-electron chi connectivity index (χ2n) is 5.90. The molecule has 0 rings (SSSR count). The zero-order chi connectivity index (χ0) is 23.2. The van der Waals surface area contributed by atoms with Crippen molar-refractivity contribution < 1.29 is 38.1 Å². The first-order chi connectivity index (χ1) is 14.3. The van der Waals surface area contributed by atoms with Gasteiger partial charge in [-0.25, -0.2) is 0 Å². The minimum absolute atomic E-state index is 0.110. The number of rotatable bonds is 11. The Morgan fingerprint density at radius 3 is 0.967 bits per heavy atom. The summed E-state index contributed by atoms with van der Waals surface area (Å²) in [5.74, 6) is 5.88. The summed E-state index contributed by atoms with van der Waals surface area (Å²) in [5.41, 5.74) is -4.94. The van der Waals surface area contributed by atoms with Crippen LogP contribution in [0.4, 0.5) is 0 Å². The summed E-state index contributed by atoms with van der Waals surface area (Å²) >= 11 is 0. The molecule has 8 nitrogen and oxygen atoms in total. The minimum atomic E-state index is -2.47. The number of carbonyl (C=O) groups excluding carboxylic acids is 4. The maximum atomic E-state index is 13.3. The van der Waals surface area contributed by atoms with Crippen LogP contribution >= 0.6 is 0 Å². The fourth-order valence-corrected chi connectivity index (χ4v) is 2.91. The molecule has 30 heavy (non-hydrogen) atoms. The third-order valence-corrected chi connectivity index (χ3v) is 4.28. The topological polar surface area (TPSA) is 105 Å². The van der Waals surface area contributed by atoms with E-state index in [0.717, 1.165) is 0 Å². The molecule has 166 valence electrons. The number of hydrogen-bond acceptors (Lipinski definition) is 8. The molecule has 0 spiro atoms. The van der Waals surface area contributed by atoms with E-state index in [1.54, 1.807) is 0 Å². The average molecular weight is 422 g/mol. The Morgan fingerprint density at radius 1 is 0.567 bits per heavy atom. The first-order valence-electron chi connectivity index (χ1n) is 9.78. The lowest BCUT2D eigenvalue weighted by Crippen LogP contribution is -2.62. The van der Waals surface area contributed by atoms with E-state index in [4.69, 9.17) is 18.9 Å². The van der Waals surface area contributed by atoms with Crippen molar-refractivity contribution in [2.75, 3.05) is 26.4 Å². The Hall–Kier alpha value is -3.00. The molecule has 0 aliphatic carbocycles. The predicted molar refractivity (Wildman–Crippen MR) is 108 cm³/mol. The highest BCUT2D eigenvalue weighted by atomic mass is 16.6. The number of ether oxygens (including phenoxy) is 4. The zero-order valence-corrected chi connectivity index (χ0v) is 18.5. The van der Waals surface area contributed by atoms with E-state index in [9.17, 15) is 19.2 Å². The zero-order valence-electron chi connectivity index (χ0n) is 18.5. The molecule has 0 fully saturated rings. The molecule has 0 aromatic carbocycles. The molecule has 0 aromatic heterocycles. The summed E-state index contributed by atoms with van der Waals surface area (Å²) < 4.78 is 20.6. The SMILES string of the molecule is CC#CCC(C(=O)OCC)(C(=O)OCC)C(CC#CC)(C(=O)OCC)C(=O)OCC. The Bertz CT molecular complexity index is 645. The highest BCUT2D eigenvalue weighted by molar-refractivity contribution is 6.15. The molecule has 0 amide bonds. The molecule has 0 N–H and O–H groups in total. The smallest absolute Gasteiger partial charge is 0.326 e. The van der Waals surface area contributed by atoms with Gasteiger partial charge in [0.05, 0.1) is 26.4 Å². The molecule has 8 heteroatoms. The molecule has 0 heterocycles. The van der Waals surface area contributed by atoms with Crippen LogP contribution < -0.4 is 0 Å². The summed E-state index contributed by atoms with van der Waals surface area (Å²) in [6.07, 6.45) is -1.05. The highest BCUT2D eigenvalue weighted by Crippen LogP contribution is 2.49. The molecule has 0 bridgehead atoms. The van der Waals surface area contributed by atoms with Crippen LogP contribution in [-0.4, -0.2) is 50.3 Å². The van der Waals surface area contributed by atoms with Gasteiger partial charge >= 0.3 is 23.9 Å². The predicted octanol–water partition coefficient (Wildman–Crippen LogP) is 2.04. The van der Waals surface area contributed by atoms with Gasteiger partial charge in [-0.3, -0.25) is 19.2 Å². The van der Waals surface area contributed by atoms with Gasteiger partial charge in [0.2, 0.25) is 10.8 Å². The standard InChI is InChI=1S/C22H30O8/c1-7-13-15-21(17(23)27-9-3,18(24)28-10-4)22(16-14-8-2,19(25)29-11-5)20(26)30-12-6/h9-12,15-16H2,1-6H3. The van der Waals surface area contributed by atoms with E-state index < -0.39 is 47.5 Å². The monoisotopic (exact) mass is 422 g/mol. The molecular formula is C22H30O8. The first kappa shape index (κ1) is 27.0. The lowest BCUT2D eigenvalue weighted by atomic mass is 9.59. The second-order valence-corrected chi connectivity index (χ2v) is 5.90. The molecule has 0 aliphatic rings. The van der Waals surface area contributed by atoms with Crippen molar-refractivity contribution in [3.05, 3.63) is 0 Å². The van der Waals surface area contributed by atoms with Crippen LogP contribution in [0.2, 0.25) is 0 Å². The third kappa shape index (κ3) is 5.33. The average Bonchev–Trinajstić information content (AvgIpc) is 2.71. The van der Waals surface area contributed by atoms with Crippen LogP contribution in [0, 0.1) is 34.5 Å². The molecule has 0 aliphatic heterocycles. The van der Waals surface area contributed by atoms with E-state index in [-0.39, 0.29) is 26.4 Å². The van der Waals surface area contributed by atoms with Crippen LogP contribution in [-0.2, 0) is 38.1 Å². The fraction of sp³-hybridized carbons (Fsp3) is 0.636. The summed E-state index contributed by atoms with van der Waals surface area (Å²) in [6.45, 7) is 8.65. The van der Waals surface area contributed by atoms with Crippen LogP contribution in [0.3, 0.4) is 0 Å². The van der Waals surface area contributed by atoms with Crippen molar-refractivity contribution in [1.29, 1.82) is 0 Å². The summed E-state index contributed by atoms with van der Waals surface area (Å²) in [5, 5.41) is 0. The first-order valence-corrected chi connectivity index (χ1v) is 9.78. The number of esters is 4. The van der Waals surface area contributed by atoms with E-state index in [0.29, 0.717) is 0 Å². The Morgan fingerprint density at radius 2 is 0.800 bits per heavy atom. The van der Waals surface area contributed by atoms with E-state index >= 15 is 0 Å². The molecular weight excluding hydrogens is 392 g/mol. The van der Waals surface area contributed by atoms with Gasteiger partial charge in [0.1, 0.15) is 0 Å². The van der Waals surface area contributed by atoms with Gasteiger partial charge < -0.3 is 18.9 Å². The summed E-state index contributed by atoms with van der Waals surface area (Å²) in [4.78, 5) is 53.0. The lowest BCUT2D eigenvalue weighted by Gasteiger charge is -2.40. The minimum Gasteiger partial charge on any atom is -0.465 e. The van der Waals surface area contributed by atoms with Gasteiger partial charge in [-0.1, -0.05) is 0 Å². The highest BCUT2D eigenvalue weighted by Gasteiger charge is 2.73. The van der Waals surface area contributed by atoms with Gasteiger partial charge in [-0.2, -0.15) is 0 Å². The lowest BCUT2D eigenvalue weighted by molar-refractivity contribution is -0.202. The van der Waals surface area contributed by atoms with Crippen LogP contribution in [0.5, 0.6) is 0 Å². The maximum absolute atomic E-state index is 13.3. The number of hydrogen-bond donors (Lipinski definition) is 0. The van der Waals surface area contributed by atoms with Gasteiger partial charge in [-0.05, 0) is 41.5 Å².